The van der Waals surface area contributed by atoms with Crippen LogP contribution in [-0.2, 0) is 19.3 Å². The van der Waals surface area contributed by atoms with Crippen LogP contribution >= 0.6 is 0 Å². The van der Waals surface area contributed by atoms with Gasteiger partial charge in [-0.25, -0.2) is 0 Å². The molecule has 0 spiro atoms. The van der Waals surface area contributed by atoms with Crippen molar-refractivity contribution in [1.82, 2.24) is 0 Å². The summed E-state index contributed by atoms with van der Waals surface area (Å²) < 4.78 is 0. The average molecular weight is 311 g/mol. The Kier molecular flexibility index (Phi) is 9.36. The third kappa shape index (κ3) is 5.86. The Morgan fingerprint density at radius 1 is 0.826 bits per heavy atom. The fourth-order valence-electron chi connectivity index (χ4n) is 3.20. The molecule has 2 aromatic rings. The van der Waals surface area contributed by atoms with Gasteiger partial charge in [0.05, 0.1) is 0 Å². The Labute approximate surface area is 144 Å². The first-order chi connectivity index (χ1) is 11.3. The Morgan fingerprint density at radius 3 is 2.17 bits per heavy atom. The second kappa shape index (κ2) is 11.0. The molecule has 0 aromatic heterocycles. The standard InChI is InChI=1S/C19H22.2C2H6/c1-15-6-5-9-18-14-17(12-13-19(15)18)11-10-16-7-3-2-4-8-16;2*1-2/h2-4,7-8,12-15H,5-6,9-11H2,1H3;2*1-2H3. The van der Waals surface area contributed by atoms with Crippen LogP contribution in [-0.4, -0.2) is 0 Å². The molecule has 126 valence electrons. The van der Waals surface area contributed by atoms with Gasteiger partial charge in [-0.2, -0.15) is 0 Å². The highest BCUT2D eigenvalue weighted by Crippen LogP contribution is 2.31. The Balaban J connectivity index is 0.000000615. The fraction of sp³-hybridized carbons (Fsp3) is 0.478. The van der Waals surface area contributed by atoms with Gasteiger partial charge >= 0.3 is 0 Å². The van der Waals surface area contributed by atoms with E-state index >= 15 is 0 Å². The molecule has 0 bridgehead atoms. The first-order valence-electron chi connectivity index (χ1n) is 9.48. The summed E-state index contributed by atoms with van der Waals surface area (Å²) in [5.74, 6) is 0.756. The van der Waals surface area contributed by atoms with E-state index in [-0.39, 0.29) is 0 Å². The highest BCUT2D eigenvalue weighted by molar-refractivity contribution is 5.36. The third-order valence-electron chi connectivity index (χ3n) is 4.37. The summed E-state index contributed by atoms with van der Waals surface area (Å²) >= 11 is 0. The Hall–Kier alpha value is -1.56. The minimum atomic E-state index is 0.756. The minimum absolute atomic E-state index is 0.756. The molecule has 0 saturated carbocycles. The second-order valence-corrected chi connectivity index (χ2v) is 5.81. The van der Waals surface area contributed by atoms with Gasteiger partial charge in [0.2, 0.25) is 0 Å². The number of hydrogen-bond donors (Lipinski definition) is 0. The zero-order valence-corrected chi connectivity index (χ0v) is 15.7. The number of hydrogen-bond acceptors (Lipinski definition) is 0. The summed E-state index contributed by atoms with van der Waals surface area (Å²) in [6, 6.07) is 18.0. The van der Waals surface area contributed by atoms with E-state index in [1.807, 2.05) is 27.7 Å². The molecule has 1 aliphatic carbocycles. The molecule has 0 aliphatic heterocycles. The molecule has 1 aliphatic rings. The maximum absolute atomic E-state index is 2.45. The number of benzene rings is 2. The largest absolute Gasteiger partial charge is 0.0683 e. The quantitative estimate of drug-likeness (QED) is 0.574. The number of aryl methyl sites for hydroxylation is 3. The van der Waals surface area contributed by atoms with Crippen LogP contribution in [0.4, 0.5) is 0 Å². The zero-order chi connectivity index (χ0) is 17.1. The average Bonchev–Trinajstić information content (AvgIpc) is 2.64. The van der Waals surface area contributed by atoms with Crippen molar-refractivity contribution in [2.75, 3.05) is 0 Å². The van der Waals surface area contributed by atoms with E-state index in [9.17, 15) is 0 Å². The van der Waals surface area contributed by atoms with Gasteiger partial charge in [0.25, 0.3) is 0 Å². The van der Waals surface area contributed by atoms with E-state index in [0.717, 1.165) is 18.8 Å². The lowest BCUT2D eigenvalue weighted by Gasteiger charge is -2.22. The normalized spacial score (nSPS) is 15.4. The van der Waals surface area contributed by atoms with E-state index in [1.165, 1.54) is 30.4 Å². The molecule has 0 saturated heterocycles. The van der Waals surface area contributed by atoms with Crippen LogP contribution in [0.3, 0.4) is 0 Å². The fourth-order valence-corrected chi connectivity index (χ4v) is 3.20. The van der Waals surface area contributed by atoms with Crippen LogP contribution in [0.1, 0.15) is 75.6 Å². The van der Waals surface area contributed by atoms with Gasteiger partial charge in [0, 0.05) is 0 Å². The van der Waals surface area contributed by atoms with Crippen LogP contribution in [0.15, 0.2) is 48.5 Å². The van der Waals surface area contributed by atoms with Gasteiger partial charge in [0.1, 0.15) is 0 Å². The van der Waals surface area contributed by atoms with Gasteiger partial charge in [-0.3, -0.25) is 0 Å². The van der Waals surface area contributed by atoms with E-state index in [4.69, 9.17) is 0 Å². The van der Waals surface area contributed by atoms with Gasteiger partial charge < -0.3 is 0 Å². The number of fused-ring (bicyclic) bond motifs is 1. The van der Waals surface area contributed by atoms with Gasteiger partial charge in [-0.1, -0.05) is 83.1 Å². The lowest BCUT2D eigenvalue weighted by atomic mass is 9.83. The summed E-state index contributed by atoms with van der Waals surface area (Å²) in [6.07, 6.45) is 6.30. The molecule has 0 radical (unpaired) electrons. The predicted molar refractivity (Wildman–Crippen MR) is 104 cm³/mol. The smallest absolute Gasteiger partial charge is 0.0188 e. The summed E-state index contributed by atoms with van der Waals surface area (Å²) in [5, 5.41) is 0. The molecule has 1 unspecified atom stereocenters. The maximum Gasteiger partial charge on any atom is -0.0188 e. The predicted octanol–water partition coefficient (Wildman–Crippen LogP) is 6.96. The second-order valence-electron chi connectivity index (χ2n) is 5.81. The van der Waals surface area contributed by atoms with Crippen LogP contribution in [0.5, 0.6) is 0 Å². The van der Waals surface area contributed by atoms with Crippen molar-refractivity contribution >= 4 is 0 Å². The van der Waals surface area contributed by atoms with Crippen LogP contribution < -0.4 is 0 Å². The van der Waals surface area contributed by atoms with E-state index in [1.54, 1.807) is 11.1 Å². The molecule has 0 fully saturated rings. The minimum Gasteiger partial charge on any atom is -0.0683 e. The van der Waals surface area contributed by atoms with Crippen LogP contribution in [0.2, 0.25) is 0 Å². The Bertz CT molecular complexity index is 539. The molecule has 0 heteroatoms. The van der Waals surface area contributed by atoms with Gasteiger partial charge in [-0.05, 0) is 60.3 Å². The molecule has 0 nitrogen and oxygen atoms in total. The van der Waals surface area contributed by atoms with E-state index in [2.05, 4.69) is 55.5 Å². The molecule has 1 atom stereocenters. The van der Waals surface area contributed by atoms with E-state index < -0.39 is 0 Å². The molecule has 0 N–H and O–H groups in total. The molecule has 23 heavy (non-hydrogen) atoms. The van der Waals surface area contributed by atoms with Crippen LogP contribution in [0.25, 0.3) is 0 Å². The monoisotopic (exact) mass is 310 g/mol. The highest BCUT2D eigenvalue weighted by Gasteiger charge is 2.16. The summed E-state index contributed by atoms with van der Waals surface area (Å²) in [4.78, 5) is 0. The third-order valence-corrected chi connectivity index (χ3v) is 4.37. The lowest BCUT2D eigenvalue weighted by molar-refractivity contribution is 0.589. The van der Waals surface area contributed by atoms with Gasteiger partial charge in [0.15, 0.2) is 0 Å². The van der Waals surface area contributed by atoms with Crippen molar-refractivity contribution in [3.05, 3.63) is 70.8 Å². The first kappa shape index (κ1) is 19.5. The summed E-state index contributed by atoms with van der Waals surface area (Å²) in [6.45, 7) is 10.4. The van der Waals surface area contributed by atoms with Crippen molar-refractivity contribution in [3.63, 3.8) is 0 Å². The van der Waals surface area contributed by atoms with Crippen molar-refractivity contribution in [3.8, 4) is 0 Å². The van der Waals surface area contributed by atoms with Crippen LogP contribution in [0, 0.1) is 0 Å². The molecule has 2 aromatic carbocycles. The first-order valence-corrected chi connectivity index (χ1v) is 9.48. The van der Waals surface area contributed by atoms with Gasteiger partial charge in [-0.15, -0.1) is 0 Å². The topological polar surface area (TPSA) is 0 Å². The molecule has 0 amide bonds. The van der Waals surface area contributed by atoms with Crippen molar-refractivity contribution in [2.24, 2.45) is 0 Å². The molecular weight excluding hydrogens is 276 g/mol. The van der Waals surface area contributed by atoms with Crippen molar-refractivity contribution in [1.29, 1.82) is 0 Å². The molecular formula is C23H34. The van der Waals surface area contributed by atoms with Crippen molar-refractivity contribution < 1.29 is 0 Å². The summed E-state index contributed by atoms with van der Waals surface area (Å²) in [5.41, 5.74) is 6.13. The number of rotatable bonds is 3. The zero-order valence-electron chi connectivity index (χ0n) is 15.7. The maximum atomic E-state index is 2.45. The molecule has 0 heterocycles. The van der Waals surface area contributed by atoms with Crippen molar-refractivity contribution in [2.45, 2.75) is 72.6 Å². The Morgan fingerprint density at radius 2 is 1.48 bits per heavy atom. The van der Waals surface area contributed by atoms with E-state index in [0.29, 0.717) is 0 Å². The SMILES string of the molecule is CC.CC.CC1CCCc2cc(CCc3ccccc3)ccc21. The highest BCUT2D eigenvalue weighted by atomic mass is 14.2. The lowest BCUT2D eigenvalue weighted by Crippen LogP contribution is -2.07. The summed E-state index contributed by atoms with van der Waals surface area (Å²) in [7, 11) is 0. The molecule has 3 rings (SSSR count).